The third-order valence-electron chi connectivity index (χ3n) is 2.19. The quantitative estimate of drug-likeness (QED) is 0.473. The van der Waals surface area contributed by atoms with Gasteiger partial charge in [-0.2, -0.15) is 9.98 Å². The van der Waals surface area contributed by atoms with Crippen LogP contribution in [0, 0.1) is 5.92 Å². The van der Waals surface area contributed by atoms with E-state index in [2.05, 4.69) is 9.98 Å². The molecule has 0 aromatic rings. The molecule has 0 aromatic heterocycles. The molecule has 13 heavy (non-hydrogen) atoms. The molecule has 4 nitrogen and oxygen atoms in total. The summed E-state index contributed by atoms with van der Waals surface area (Å²) in [6, 6.07) is -0.182. The van der Waals surface area contributed by atoms with E-state index in [-0.39, 0.29) is 6.04 Å². The van der Waals surface area contributed by atoms with Crippen molar-refractivity contribution in [3.63, 3.8) is 0 Å². The lowest BCUT2D eigenvalue weighted by Crippen LogP contribution is -2.17. The van der Waals surface area contributed by atoms with Gasteiger partial charge in [-0.25, -0.2) is 9.59 Å². The normalized spacial score (nSPS) is 26.7. The van der Waals surface area contributed by atoms with Crippen molar-refractivity contribution in [1.29, 1.82) is 0 Å². The van der Waals surface area contributed by atoms with Crippen molar-refractivity contribution in [2.75, 3.05) is 0 Å². The second-order valence-electron chi connectivity index (χ2n) is 3.09. The molecule has 2 atom stereocenters. The van der Waals surface area contributed by atoms with Crippen LogP contribution in [0.5, 0.6) is 0 Å². The van der Waals surface area contributed by atoms with Crippen molar-refractivity contribution < 1.29 is 9.59 Å². The van der Waals surface area contributed by atoms with E-state index in [0.717, 1.165) is 12.8 Å². The molecule has 1 aliphatic rings. The van der Waals surface area contributed by atoms with Crippen LogP contribution in [-0.2, 0) is 9.59 Å². The van der Waals surface area contributed by atoms with Crippen LogP contribution in [0.15, 0.2) is 21.8 Å². The van der Waals surface area contributed by atoms with E-state index >= 15 is 0 Å². The number of hydrogen-bond acceptors (Lipinski definition) is 4. The van der Waals surface area contributed by atoms with Gasteiger partial charge in [-0.1, -0.05) is 6.92 Å². The molecular formula is C9H10N2O2. The van der Waals surface area contributed by atoms with Gasteiger partial charge in [0.2, 0.25) is 12.2 Å². The fourth-order valence-electron chi connectivity index (χ4n) is 1.37. The second kappa shape index (κ2) is 4.51. The predicted molar refractivity (Wildman–Crippen MR) is 46.5 cm³/mol. The van der Waals surface area contributed by atoms with Crippen molar-refractivity contribution in [2.24, 2.45) is 15.9 Å². The third-order valence-corrected chi connectivity index (χ3v) is 2.19. The van der Waals surface area contributed by atoms with E-state index in [1.807, 2.05) is 6.92 Å². The highest BCUT2D eigenvalue weighted by Gasteiger charge is 2.20. The summed E-state index contributed by atoms with van der Waals surface area (Å²) in [7, 11) is 0. The van der Waals surface area contributed by atoms with E-state index in [4.69, 9.17) is 0 Å². The molecular weight excluding hydrogens is 168 g/mol. The first-order valence-corrected chi connectivity index (χ1v) is 4.13. The average molecular weight is 178 g/mol. The molecule has 0 bridgehead atoms. The zero-order valence-corrected chi connectivity index (χ0v) is 7.36. The Kier molecular flexibility index (Phi) is 3.32. The van der Waals surface area contributed by atoms with Gasteiger partial charge in [-0.3, -0.25) is 0 Å². The highest BCUT2D eigenvalue weighted by Crippen LogP contribution is 2.25. The summed E-state index contributed by atoms with van der Waals surface area (Å²) in [4.78, 5) is 27.2. The minimum Gasteiger partial charge on any atom is -0.211 e. The van der Waals surface area contributed by atoms with Crippen LogP contribution in [0.1, 0.15) is 19.8 Å². The van der Waals surface area contributed by atoms with Crippen LogP contribution in [0.25, 0.3) is 0 Å². The van der Waals surface area contributed by atoms with E-state index in [1.54, 1.807) is 6.08 Å². The fraction of sp³-hybridized carbons (Fsp3) is 0.556. The second-order valence-corrected chi connectivity index (χ2v) is 3.09. The number of hydrogen-bond donors (Lipinski definition) is 0. The smallest absolute Gasteiger partial charge is 0.211 e. The van der Waals surface area contributed by atoms with Gasteiger partial charge in [0, 0.05) is 0 Å². The molecule has 1 aliphatic carbocycles. The summed E-state index contributed by atoms with van der Waals surface area (Å²) in [6.45, 7) is 2.00. The maximum Gasteiger partial charge on any atom is 0.240 e. The summed E-state index contributed by atoms with van der Waals surface area (Å²) < 4.78 is 0. The van der Waals surface area contributed by atoms with Crippen LogP contribution in [-0.4, -0.2) is 18.2 Å². The molecule has 2 unspecified atom stereocenters. The van der Waals surface area contributed by atoms with Crippen molar-refractivity contribution in [2.45, 2.75) is 25.8 Å². The first-order chi connectivity index (χ1) is 6.27. The maximum absolute atomic E-state index is 10.1. The molecule has 0 spiro atoms. The third kappa shape index (κ3) is 2.48. The van der Waals surface area contributed by atoms with Gasteiger partial charge >= 0.3 is 0 Å². The predicted octanol–water partition coefficient (Wildman–Crippen LogP) is 1.34. The largest absolute Gasteiger partial charge is 0.240 e. The van der Waals surface area contributed by atoms with E-state index in [0.29, 0.717) is 11.6 Å². The maximum atomic E-state index is 10.1. The van der Waals surface area contributed by atoms with Gasteiger partial charge in [-0.05, 0) is 24.8 Å². The average Bonchev–Trinajstić information content (AvgIpc) is 2.12. The summed E-state index contributed by atoms with van der Waals surface area (Å²) in [6.07, 6.45) is 6.36. The number of rotatable bonds is 2. The van der Waals surface area contributed by atoms with Crippen molar-refractivity contribution >= 4 is 12.2 Å². The summed E-state index contributed by atoms with van der Waals surface area (Å²) in [5.41, 5.74) is 0.664. The van der Waals surface area contributed by atoms with Crippen molar-refractivity contribution in [3.05, 3.63) is 11.8 Å². The van der Waals surface area contributed by atoms with Gasteiger partial charge in [-0.15, -0.1) is 0 Å². The SMILES string of the molecule is CC1CCC(N=C=O)=CC1N=C=O. The Bertz CT molecular complexity index is 310. The van der Waals surface area contributed by atoms with Gasteiger partial charge < -0.3 is 0 Å². The Morgan fingerprint density at radius 3 is 2.85 bits per heavy atom. The van der Waals surface area contributed by atoms with Crippen molar-refractivity contribution in [1.82, 2.24) is 0 Å². The standard InChI is InChI=1S/C9H10N2O2/c1-7-2-3-8(10-5-12)4-9(7)11-6-13/h4,7,9H,2-3H2,1H3. The fourth-order valence-corrected chi connectivity index (χ4v) is 1.37. The van der Waals surface area contributed by atoms with Crippen LogP contribution in [0.3, 0.4) is 0 Å². The Labute approximate surface area is 76.1 Å². The number of nitrogens with zero attached hydrogens (tertiary/aromatic N) is 2. The molecule has 0 aliphatic heterocycles. The first-order valence-electron chi connectivity index (χ1n) is 4.13. The molecule has 0 N–H and O–H groups in total. The van der Waals surface area contributed by atoms with Gasteiger partial charge in [0.1, 0.15) is 0 Å². The van der Waals surface area contributed by atoms with Crippen LogP contribution in [0.2, 0.25) is 0 Å². The lowest BCUT2D eigenvalue weighted by atomic mass is 9.90. The zero-order chi connectivity index (χ0) is 9.68. The molecule has 0 radical (unpaired) electrons. The monoisotopic (exact) mass is 178 g/mol. The summed E-state index contributed by atoms with van der Waals surface area (Å²) in [5, 5.41) is 0. The first kappa shape index (κ1) is 9.59. The Morgan fingerprint density at radius 1 is 1.46 bits per heavy atom. The van der Waals surface area contributed by atoms with E-state index in [1.165, 1.54) is 12.2 Å². The molecule has 0 saturated carbocycles. The Hall–Kier alpha value is -1.50. The highest BCUT2D eigenvalue weighted by molar-refractivity contribution is 5.39. The van der Waals surface area contributed by atoms with Gasteiger partial charge in [0.25, 0.3) is 0 Å². The van der Waals surface area contributed by atoms with E-state index in [9.17, 15) is 9.59 Å². The van der Waals surface area contributed by atoms with Gasteiger partial charge in [0.15, 0.2) is 0 Å². The van der Waals surface area contributed by atoms with E-state index < -0.39 is 0 Å². The Balaban J connectivity index is 2.85. The molecule has 68 valence electrons. The molecule has 0 heterocycles. The minimum atomic E-state index is -0.182. The summed E-state index contributed by atoms with van der Waals surface area (Å²) >= 11 is 0. The summed E-state index contributed by atoms with van der Waals surface area (Å²) in [5.74, 6) is 0.312. The number of isocyanates is 2. The lowest BCUT2D eigenvalue weighted by Gasteiger charge is -2.20. The highest BCUT2D eigenvalue weighted by atomic mass is 16.1. The van der Waals surface area contributed by atoms with Crippen LogP contribution >= 0.6 is 0 Å². The van der Waals surface area contributed by atoms with Gasteiger partial charge in [0.05, 0.1) is 11.7 Å². The van der Waals surface area contributed by atoms with Crippen LogP contribution < -0.4 is 0 Å². The molecule has 0 fully saturated rings. The zero-order valence-electron chi connectivity index (χ0n) is 7.36. The van der Waals surface area contributed by atoms with Crippen LogP contribution in [0.4, 0.5) is 0 Å². The number of carbonyl (C=O) groups excluding carboxylic acids is 2. The Morgan fingerprint density at radius 2 is 2.23 bits per heavy atom. The minimum absolute atomic E-state index is 0.182. The number of aliphatic imine (C=N–C) groups is 2. The topological polar surface area (TPSA) is 58.9 Å². The molecule has 4 heteroatoms. The molecule has 0 saturated heterocycles. The molecule has 1 rings (SSSR count). The lowest BCUT2D eigenvalue weighted by molar-refractivity contribution is 0.451. The molecule has 0 amide bonds. The van der Waals surface area contributed by atoms with Crippen molar-refractivity contribution in [3.8, 4) is 0 Å². The molecule has 0 aromatic carbocycles. The number of allylic oxidation sites excluding steroid dienone is 1.